The van der Waals surface area contributed by atoms with Crippen molar-refractivity contribution in [1.29, 1.82) is 0 Å². The van der Waals surface area contributed by atoms with Crippen molar-refractivity contribution in [1.82, 2.24) is 15.3 Å². The number of anilines is 1. The fourth-order valence-electron chi connectivity index (χ4n) is 2.53. The van der Waals surface area contributed by atoms with E-state index in [0.717, 1.165) is 18.8 Å². The Bertz CT molecular complexity index is 327. The topological polar surface area (TPSA) is 41.0 Å². The predicted octanol–water partition coefficient (Wildman–Crippen LogP) is 1.83. The summed E-state index contributed by atoms with van der Waals surface area (Å²) in [5.74, 6) is 0. The van der Waals surface area contributed by atoms with E-state index in [9.17, 15) is 0 Å². The second-order valence-corrected chi connectivity index (χ2v) is 4.81. The van der Waals surface area contributed by atoms with Gasteiger partial charge in [-0.1, -0.05) is 6.92 Å². The lowest BCUT2D eigenvalue weighted by atomic mass is 9.98. The minimum Gasteiger partial charge on any atom is -0.366 e. The minimum absolute atomic E-state index is 0.559. The zero-order chi connectivity index (χ0) is 12.1. The molecule has 0 spiro atoms. The molecule has 1 aliphatic heterocycles. The molecular formula is C13H22N4. The Morgan fingerprint density at radius 1 is 1.41 bits per heavy atom. The number of rotatable bonds is 4. The third kappa shape index (κ3) is 3.16. The molecule has 1 aromatic rings. The molecule has 1 saturated heterocycles. The lowest BCUT2D eigenvalue weighted by Gasteiger charge is -2.39. The van der Waals surface area contributed by atoms with Crippen LogP contribution in [0, 0.1) is 0 Å². The van der Waals surface area contributed by atoms with Crippen molar-refractivity contribution in [2.24, 2.45) is 0 Å². The van der Waals surface area contributed by atoms with Crippen molar-refractivity contribution < 1.29 is 0 Å². The number of nitrogens with zero attached hydrogens (tertiary/aromatic N) is 3. The second-order valence-electron chi connectivity index (χ2n) is 4.81. The van der Waals surface area contributed by atoms with Gasteiger partial charge in [0.05, 0.1) is 18.1 Å². The molecule has 2 heterocycles. The van der Waals surface area contributed by atoms with Crippen molar-refractivity contribution in [3.63, 3.8) is 0 Å². The normalized spacial score (nSPS) is 24.9. The average molecular weight is 234 g/mol. The van der Waals surface area contributed by atoms with E-state index in [1.54, 1.807) is 6.33 Å². The number of hydrogen-bond donors (Lipinski definition) is 1. The summed E-state index contributed by atoms with van der Waals surface area (Å²) < 4.78 is 0. The number of hydrogen-bond acceptors (Lipinski definition) is 4. The highest BCUT2D eigenvalue weighted by Crippen LogP contribution is 2.23. The fourth-order valence-corrected chi connectivity index (χ4v) is 2.53. The van der Waals surface area contributed by atoms with Crippen molar-refractivity contribution in [3.8, 4) is 0 Å². The van der Waals surface area contributed by atoms with Crippen LogP contribution in [0.4, 0.5) is 5.69 Å². The summed E-state index contributed by atoms with van der Waals surface area (Å²) in [6.07, 6.45) is 9.02. The summed E-state index contributed by atoms with van der Waals surface area (Å²) in [5, 5.41) is 3.62. The van der Waals surface area contributed by atoms with Gasteiger partial charge in [0.25, 0.3) is 0 Å². The van der Waals surface area contributed by atoms with Gasteiger partial charge in [0.15, 0.2) is 0 Å². The highest BCUT2D eigenvalue weighted by Gasteiger charge is 2.25. The van der Waals surface area contributed by atoms with Gasteiger partial charge in [-0.3, -0.25) is 0 Å². The molecule has 0 aliphatic carbocycles. The Hall–Kier alpha value is -1.16. The Morgan fingerprint density at radius 2 is 2.18 bits per heavy atom. The Labute approximate surface area is 103 Å². The van der Waals surface area contributed by atoms with Gasteiger partial charge in [-0.25, -0.2) is 9.97 Å². The molecule has 2 rings (SSSR count). The molecule has 4 nitrogen and oxygen atoms in total. The van der Waals surface area contributed by atoms with Crippen LogP contribution < -0.4 is 10.2 Å². The zero-order valence-electron chi connectivity index (χ0n) is 10.8. The molecule has 17 heavy (non-hydrogen) atoms. The highest BCUT2D eigenvalue weighted by molar-refractivity contribution is 5.43. The third-order valence-corrected chi connectivity index (χ3v) is 3.44. The molecule has 1 aliphatic rings. The maximum absolute atomic E-state index is 4.09. The van der Waals surface area contributed by atoms with Gasteiger partial charge in [-0.15, -0.1) is 0 Å². The standard InChI is InChI=1S/C13H22N4/c1-3-5-16-12-4-6-17(11(2)7-12)13-8-14-10-15-9-13/h8-12,16H,3-7H2,1-2H3. The zero-order valence-corrected chi connectivity index (χ0v) is 10.8. The van der Waals surface area contributed by atoms with Crippen LogP contribution in [0.3, 0.4) is 0 Å². The van der Waals surface area contributed by atoms with Crippen molar-refractivity contribution in [2.75, 3.05) is 18.0 Å². The molecule has 2 unspecified atom stereocenters. The van der Waals surface area contributed by atoms with E-state index in [4.69, 9.17) is 0 Å². The Morgan fingerprint density at radius 3 is 2.82 bits per heavy atom. The van der Waals surface area contributed by atoms with Crippen LogP contribution in [-0.4, -0.2) is 35.1 Å². The summed E-state index contributed by atoms with van der Waals surface area (Å²) in [6.45, 7) is 6.72. The molecule has 0 bridgehead atoms. The van der Waals surface area contributed by atoms with Crippen LogP contribution in [-0.2, 0) is 0 Å². The van der Waals surface area contributed by atoms with Gasteiger partial charge >= 0.3 is 0 Å². The molecule has 1 aromatic heterocycles. The maximum Gasteiger partial charge on any atom is 0.115 e. The first-order chi connectivity index (χ1) is 8.31. The highest BCUT2D eigenvalue weighted by atomic mass is 15.2. The molecule has 0 amide bonds. The van der Waals surface area contributed by atoms with Crippen molar-refractivity contribution in [3.05, 3.63) is 18.7 Å². The van der Waals surface area contributed by atoms with E-state index in [2.05, 4.69) is 34.0 Å². The molecule has 2 atom stereocenters. The number of aromatic nitrogens is 2. The monoisotopic (exact) mass is 234 g/mol. The van der Waals surface area contributed by atoms with E-state index in [-0.39, 0.29) is 0 Å². The Balaban J connectivity index is 1.92. The summed E-state index contributed by atoms with van der Waals surface area (Å²) in [6, 6.07) is 1.23. The molecule has 0 aromatic carbocycles. The van der Waals surface area contributed by atoms with Crippen LogP contribution in [0.25, 0.3) is 0 Å². The van der Waals surface area contributed by atoms with Gasteiger partial charge in [0, 0.05) is 18.6 Å². The maximum atomic E-state index is 4.09. The summed E-state index contributed by atoms with van der Waals surface area (Å²) in [4.78, 5) is 10.6. The number of nitrogens with one attached hydrogen (secondary N) is 1. The average Bonchev–Trinajstić information content (AvgIpc) is 2.37. The van der Waals surface area contributed by atoms with Gasteiger partial charge in [-0.05, 0) is 32.7 Å². The van der Waals surface area contributed by atoms with Gasteiger partial charge in [0.2, 0.25) is 0 Å². The van der Waals surface area contributed by atoms with Gasteiger partial charge in [-0.2, -0.15) is 0 Å². The quantitative estimate of drug-likeness (QED) is 0.863. The molecule has 4 heteroatoms. The smallest absolute Gasteiger partial charge is 0.115 e. The van der Waals surface area contributed by atoms with Crippen LogP contribution >= 0.6 is 0 Å². The SMILES string of the molecule is CCCNC1CCN(c2cncnc2)C(C)C1. The summed E-state index contributed by atoms with van der Waals surface area (Å²) in [7, 11) is 0. The van der Waals surface area contributed by atoms with E-state index < -0.39 is 0 Å². The Kier molecular flexibility index (Phi) is 4.31. The largest absolute Gasteiger partial charge is 0.366 e. The molecule has 1 N–H and O–H groups in total. The predicted molar refractivity (Wildman–Crippen MR) is 70.2 cm³/mol. The minimum atomic E-state index is 0.559. The van der Waals surface area contributed by atoms with Crippen LogP contribution in [0.2, 0.25) is 0 Å². The van der Waals surface area contributed by atoms with Gasteiger partial charge in [0.1, 0.15) is 6.33 Å². The molecule has 94 valence electrons. The van der Waals surface area contributed by atoms with Gasteiger partial charge < -0.3 is 10.2 Å². The first-order valence-electron chi connectivity index (χ1n) is 6.56. The van der Waals surface area contributed by atoms with Crippen molar-refractivity contribution in [2.45, 2.75) is 45.2 Å². The van der Waals surface area contributed by atoms with E-state index in [1.807, 2.05) is 12.4 Å². The summed E-state index contributed by atoms with van der Waals surface area (Å²) in [5.41, 5.74) is 1.15. The first-order valence-corrected chi connectivity index (χ1v) is 6.56. The lowest BCUT2D eigenvalue weighted by Crippen LogP contribution is -2.47. The van der Waals surface area contributed by atoms with Crippen molar-refractivity contribution >= 4 is 5.69 Å². The second kappa shape index (κ2) is 5.96. The number of piperidine rings is 1. The lowest BCUT2D eigenvalue weighted by molar-refractivity contribution is 0.368. The first kappa shape index (κ1) is 12.3. The van der Waals surface area contributed by atoms with E-state index in [1.165, 1.54) is 19.3 Å². The third-order valence-electron chi connectivity index (χ3n) is 3.44. The fraction of sp³-hybridized carbons (Fsp3) is 0.692. The van der Waals surface area contributed by atoms with E-state index in [0.29, 0.717) is 12.1 Å². The van der Waals surface area contributed by atoms with Crippen LogP contribution in [0.1, 0.15) is 33.1 Å². The molecule has 0 radical (unpaired) electrons. The van der Waals surface area contributed by atoms with Crippen LogP contribution in [0.5, 0.6) is 0 Å². The molecule has 1 fully saturated rings. The molecule has 0 saturated carbocycles. The van der Waals surface area contributed by atoms with Crippen LogP contribution in [0.15, 0.2) is 18.7 Å². The summed E-state index contributed by atoms with van der Waals surface area (Å²) >= 11 is 0. The molecular weight excluding hydrogens is 212 g/mol. The van der Waals surface area contributed by atoms with E-state index >= 15 is 0 Å².